The summed E-state index contributed by atoms with van der Waals surface area (Å²) in [6.07, 6.45) is 5.82. The molecule has 1 aliphatic rings. The number of nitrogens with one attached hydrogen (secondary N) is 1. The number of nitrogens with zero attached hydrogens (tertiary/aromatic N) is 1. The van der Waals surface area contributed by atoms with E-state index >= 15 is 0 Å². The van der Waals surface area contributed by atoms with Crippen LogP contribution < -0.4 is 5.32 Å². The molecule has 2 amide bonds. The van der Waals surface area contributed by atoms with Crippen molar-refractivity contribution in [1.29, 1.82) is 0 Å². The maximum Gasteiger partial charge on any atom is 0.243 e. The first kappa shape index (κ1) is 27.5. The molecule has 0 spiro atoms. The van der Waals surface area contributed by atoms with Crippen LogP contribution in [0.25, 0.3) is 0 Å². The van der Waals surface area contributed by atoms with Crippen LogP contribution in [0.4, 0.5) is 0 Å². The fourth-order valence-electron chi connectivity index (χ4n) is 4.81. The number of halogens is 3. The highest BCUT2D eigenvalue weighted by Crippen LogP contribution is 2.24. The topological polar surface area (TPSA) is 49.4 Å². The van der Waals surface area contributed by atoms with E-state index < -0.39 is 6.04 Å². The zero-order valence-electron chi connectivity index (χ0n) is 20.6. The Bertz CT molecular complexity index is 1200. The van der Waals surface area contributed by atoms with E-state index in [4.69, 9.17) is 34.8 Å². The van der Waals surface area contributed by atoms with E-state index in [1.165, 1.54) is 6.42 Å². The molecule has 3 aromatic rings. The van der Waals surface area contributed by atoms with Crippen molar-refractivity contribution >= 4 is 46.6 Å². The van der Waals surface area contributed by atoms with Crippen LogP contribution in [0.5, 0.6) is 0 Å². The number of hydrogen-bond donors (Lipinski definition) is 1. The Morgan fingerprint density at radius 2 is 1.51 bits per heavy atom. The Balaban J connectivity index is 1.66. The second-order valence-corrected chi connectivity index (χ2v) is 10.9. The zero-order valence-corrected chi connectivity index (χ0v) is 22.9. The minimum Gasteiger partial charge on any atom is -0.352 e. The van der Waals surface area contributed by atoms with Crippen molar-refractivity contribution in [1.82, 2.24) is 10.2 Å². The predicted octanol–water partition coefficient (Wildman–Crippen LogP) is 7.28. The average molecular weight is 558 g/mol. The van der Waals surface area contributed by atoms with Crippen molar-refractivity contribution in [2.75, 3.05) is 0 Å². The molecular weight excluding hydrogens is 527 g/mol. The van der Waals surface area contributed by atoms with Crippen LogP contribution in [0.3, 0.4) is 0 Å². The van der Waals surface area contributed by atoms with Gasteiger partial charge in [0.1, 0.15) is 6.04 Å². The van der Waals surface area contributed by atoms with Gasteiger partial charge in [0.05, 0.1) is 6.42 Å². The van der Waals surface area contributed by atoms with Gasteiger partial charge in [-0.3, -0.25) is 9.59 Å². The maximum absolute atomic E-state index is 13.9. The molecule has 0 saturated heterocycles. The van der Waals surface area contributed by atoms with Gasteiger partial charge in [-0.2, -0.15) is 0 Å². The molecule has 37 heavy (non-hydrogen) atoms. The lowest BCUT2D eigenvalue weighted by Gasteiger charge is -2.33. The minimum atomic E-state index is -0.682. The van der Waals surface area contributed by atoms with E-state index in [9.17, 15) is 9.59 Å². The second kappa shape index (κ2) is 13.3. The molecule has 1 saturated carbocycles. The van der Waals surface area contributed by atoms with Gasteiger partial charge in [0.25, 0.3) is 0 Å². The third kappa shape index (κ3) is 7.98. The van der Waals surface area contributed by atoms with Crippen molar-refractivity contribution in [2.24, 2.45) is 0 Å². The molecule has 3 aromatic carbocycles. The SMILES string of the molecule is O=C(NC1CCCCC1)C(Cc1ccccc1)N(Cc1ccc(Cl)cc1)C(=O)Cc1ccc(Cl)cc1Cl. The summed E-state index contributed by atoms with van der Waals surface area (Å²) in [4.78, 5) is 29.4. The summed E-state index contributed by atoms with van der Waals surface area (Å²) < 4.78 is 0. The highest BCUT2D eigenvalue weighted by molar-refractivity contribution is 6.35. The molecule has 0 radical (unpaired) electrons. The van der Waals surface area contributed by atoms with Gasteiger partial charge in [-0.05, 0) is 53.8 Å². The van der Waals surface area contributed by atoms with E-state index in [1.54, 1.807) is 35.2 Å². The van der Waals surface area contributed by atoms with Gasteiger partial charge < -0.3 is 10.2 Å². The van der Waals surface area contributed by atoms with Crippen LogP contribution >= 0.6 is 34.8 Å². The first-order valence-electron chi connectivity index (χ1n) is 12.7. The molecule has 4 rings (SSSR count). The predicted molar refractivity (Wildman–Crippen MR) is 151 cm³/mol. The Hall–Kier alpha value is -2.53. The lowest BCUT2D eigenvalue weighted by atomic mass is 9.94. The smallest absolute Gasteiger partial charge is 0.243 e. The third-order valence-electron chi connectivity index (χ3n) is 6.85. The highest BCUT2D eigenvalue weighted by Gasteiger charge is 2.32. The van der Waals surface area contributed by atoms with Crippen molar-refractivity contribution < 1.29 is 9.59 Å². The fourth-order valence-corrected chi connectivity index (χ4v) is 5.42. The third-order valence-corrected chi connectivity index (χ3v) is 7.68. The fraction of sp³-hybridized carbons (Fsp3) is 0.333. The monoisotopic (exact) mass is 556 g/mol. The van der Waals surface area contributed by atoms with Gasteiger partial charge >= 0.3 is 0 Å². The molecule has 0 heterocycles. The second-order valence-electron chi connectivity index (χ2n) is 9.61. The number of carbonyl (C=O) groups is 2. The molecule has 4 nitrogen and oxygen atoms in total. The van der Waals surface area contributed by atoms with Crippen LogP contribution in [-0.2, 0) is 29.0 Å². The Morgan fingerprint density at radius 1 is 0.838 bits per heavy atom. The van der Waals surface area contributed by atoms with Crippen LogP contribution in [-0.4, -0.2) is 28.8 Å². The number of carbonyl (C=O) groups excluding carboxylic acids is 2. The van der Waals surface area contributed by atoms with Crippen molar-refractivity contribution in [3.05, 3.63) is 105 Å². The van der Waals surface area contributed by atoms with E-state index in [0.29, 0.717) is 27.1 Å². The van der Waals surface area contributed by atoms with Gasteiger partial charge in [-0.1, -0.05) is 103 Å². The highest BCUT2D eigenvalue weighted by atomic mass is 35.5. The van der Waals surface area contributed by atoms with Gasteiger partial charge in [0.2, 0.25) is 11.8 Å². The van der Waals surface area contributed by atoms with Crippen LogP contribution in [0, 0.1) is 0 Å². The number of rotatable bonds is 9. The molecule has 1 N–H and O–H groups in total. The van der Waals surface area contributed by atoms with Crippen molar-refractivity contribution in [3.8, 4) is 0 Å². The summed E-state index contributed by atoms with van der Waals surface area (Å²) in [5.74, 6) is -0.306. The van der Waals surface area contributed by atoms with Gasteiger partial charge in [0.15, 0.2) is 0 Å². The molecule has 0 bridgehead atoms. The summed E-state index contributed by atoms with van der Waals surface area (Å²) in [6.45, 7) is 0.275. The van der Waals surface area contributed by atoms with E-state index in [0.717, 1.165) is 36.8 Å². The minimum absolute atomic E-state index is 0.0611. The first-order valence-corrected chi connectivity index (χ1v) is 13.8. The number of amides is 2. The molecule has 0 aromatic heterocycles. The molecule has 7 heteroatoms. The zero-order chi connectivity index (χ0) is 26.2. The molecule has 1 unspecified atom stereocenters. The maximum atomic E-state index is 13.9. The summed E-state index contributed by atoms with van der Waals surface area (Å²) in [5, 5.41) is 4.81. The van der Waals surface area contributed by atoms with E-state index in [1.807, 2.05) is 42.5 Å². The Labute approximate surface area is 233 Å². The Morgan fingerprint density at radius 3 is 2.19 bits per heavy atom. The average Bonchev–Trinajstić information content (AvgIpc) is 2.90. The van der Waals surface area contributed by atoms with Crippen molar-refractivity contribution in [3.63, 3.8) is 0 Å². The largest absolute Gasteiger partial charge is 0.352 e. The molecule has 1 aliphatic carbocycles. The quantitative estimate of drug-likeness (QED) is 0.301. The number of hydrogen-bond acceptors (Lipinski definition) is 2. The first-order chi connectivity index (χ1) is 17.9. The standard InChI is InChI=1S/C30H31Cl3N2O2/c31-24-14-11-22(12-15-24)20-35(29(36)18-23-13-16-25(32)19-27(23)33)28(17-21-7-3-1-4-8-21)30(37)34-26-9-5-2-6-10-26/h1,3-4,7-8,11-16,19,26,28H,2,5-6,9-10,17-18,20H2,(H,34,37). The van der Waals surface area contributed by atoms with E-state index in [2.05, 4.69) is 5.32 Å². The Kier molecular flexibility index (Phi) is 9.90. The van der Waals surface area contributed by atoms with Crippen LogP contribution in [0.1, 0.15) is 48.8 Å². The van der Waals surface area contributed by atoms with Crippen LogP contribution in [0.15, 0.2) is 72.8 Å². The normalized spacial score (nSPS) is 14.7. The summed E-state index contributed by atoms with van der Waals surface area (Å²) in [6, 6.07) is 21.7. The molecule has 1 atom stereocenters. The van der Waals surface area contributed by atoms with Gasteiger partial charge in [-0.15, -0.1) is 0 Å². The summed E-state index contributed by atoms with van der Waals surface area (Å²) in [7, 11) is 0. The van der Waals surface area contributed by atoms with Gasteiger partial charge in [0, 0.05) is 34.1 Å². The lowest BCUT2D eigenvalue weighted by Crippen LogP contribution is -2.53. The molecule has 1 fully saturated rings. The van der Waals surface area contributed by atoms with Crippen molar-refractivity contribution in [2.45, 2.75) is 63.6 Å². The van der Waals surface area contributed by atoms with Gasteiger partial charge in [-0.25, -0.2) is 0 Å². The molecule has 194 valence electrons. The lowest BCUT2D eigenvalue weighted by molar-refractivity contribution is -0.141. The van der Waals surface area contributed by atoms with E-state index in [-0.39, 0.29) is 30.8 Å². The number of benzene rings is 3. The molecular formula is C30H31Cl3N2O2. The summed E-state index contributed by atoms with van der Waals surface area (Å²) >= 11 is 18.6. The summed E-state index contributed by atoms with van der Waals surface area (Å²) in [5.41, 5.74) is 2.55. The molecule has 0 aliphatic heterocycles. The van der Waals surface area contributed by atoms with Crippen LogP contribution in [0.2, 0.25) is 15.1 Å².